The smallest absolute Gasteiger partial charge is 0.414 e. The molecular weight excluding hydrogens is 377 g/mol. The van der Waals surface area contributed by atoms with Gasteiger partial charge in [0, 0.05) is 24.2 Å². The molecule has 1 aromatic carbocycles. The number of nitrogens with zero attached hydrogens (tertiary/aromatic N) is 4. The van der Waals surface area contributed by atoms with E-state index < -0.39 is 18.0 Å². The molecule has 1 N–H and O–H groups in total. The number of anilines is 1. The summed E-state index contributed by atoms with van der Waals surface area (Å²) in [6.07, 6.45) is 2.01. The Labute approximate surface area is 165 Å². The van der Waals surface area contributed by atoms with E-state index >= 15 is 0 Å². The Kier molecular flexibility index (Phi) is 4.60. The summed E-state index contributed by atoms with van der Waals surface area (Å²) in [5.74, 6) is -0.733. The van der Waals surface area contributed by atoms with Crippen LogP contribution in [-0.4, -0.2) is 40.6 Å². The summed E-state index contributed by atoms with van der Waals surface area (Å²) in [7, 11) is 0. The number of fused-ring (bicyclic) bond motifs is 1. The highest BCUT2D eigenvalue weighted by molar-refractivity contribution is 5.90. The van der Waals surface area contributed by atoms with Crippen molar-refractivity contribution in [3.8, 4) is 17.2 Å². The summed E-state index contributed by atoms with van der Waals surface area (Å²) < 4.78 is 21.6. The average molecular weight is 393 g/mol. The van der Waals surface area contributed by atoms with Crippen LogP contribution < -0.4 is 10.2 Å². The van der Waals surface area contributed by atoms with Crippen LogP contribution in [0.5, 0.6) is 0 Å². The Morgan fingerprint density at radius 3 is 2.97 bits per heavy atom. The summed E-state index contributed by atoms with van der Waals surface area (Å²) in [6, 6.07) is 9.92. The van der Waals surface area contributed by atoms with Gasteiger partial charge in [0.05, 0.1) is 25.0 Å². The number of amides is 2. The fourth-order valence-electron chi connectivity index (χ4n) is 3.22. The second-order valence-electron chi connectivity index (χ2n) is 6.62. The molecule has 1 saturated heterocycles. The van der Waals surface area contributed by atoms with Crippen LogP contribution in [0.15, 0.2) is 42.7 Å². The van der Waals surface area contributed by atoms with Gasteiger partial charge in [-0.05, 0) is 30.3 Å². The van der Waals surface area contributed by atoms with Crippen molar-refractivity contribution in [2.24, 2.45) is 0 Å². The zero-order valence-electron chi connectivity index (χ0n) is 15.4. The number of nitrogens with one attached hydrogen (secondary N) is 1. The van der Waals surface area contributed by atoms with E-state index in [9.17, 15) is 14.0 Å². The second-order valence-corrected chi connectivity index (χ2v) is 6.62. The van der Waals surface area contributed by atoms with Crippen molar-refractivity contribution in [2.45, 2.75) is 13.0 Å². The van der Waals surface area contributed by atoms with E-state index in [0.29, 0.717) is 28.2 Å². The molecule has 0 bridgehead atoms. The summed E-state index contributed by atoms with van der Waals surface area (Å²) in [5.41, 5.74) is 2.21. The number of halogens is 1. The van der Waals surface area contributed by atoms with E-state index in [-0.39, 0.29) is 19.0 Å². The van der Waals surface area contributed by atoms with Crippen molar-refractivity contribution >= 4 is 23.3 Å². The van der Waals surface area contributed by atoms with Crippen LogP contribution in [0.4, 0.5) is 14.9 Å². The van der Waals surface area contributed by atoms with Gasteiger partial charge in [-0.1, -0.05) is 0 Å². The van der Waals surface area contributed by atoms with Gasteiger partial charge in [-0.3, -0.25) is 14.1 Å². The first kappa shape index (κ1) is 18.4. The first-order chi connectivity index (χ1) is 14.0. The molecule has 0 radical (unpaired) electrons. The van der Waals surface area contributed by atoms with Crippen LogP contribution >= 0.6 is 0 Å². The Morgan fingerprint density at radius 1 is 1.41 bits per heavy atom. The lowest BCUT2D eigenvalue weighted by Crippen LogP contribution is -2.33. The lowest BCUT2D eigenvalue weighted by Gasteiger charge is -2.14. The van der Waals surface area contributed by atoms with Crippen molar-refractivity contribution < 1.29 is 18.7 Å². The maximum absolute atomic E-state index is 14.9. The second kappa shape index (κ2) is 7.24. The third-order valence-corrected chi connectivity index (χ3v) is 4.65. The molecule has 1 aliphatic heterocycles. The molecule has 1 aliphatic rings. The monoisotopic (exact) mass is 393 g/mol. The third kappa shape index (κ3) is 3.48. The Hall–Kier alpha value is -3.93. The van der Waals surface area contributed by atoms with E-state index in [1.807, 2.05) is 6.07 Å². The normalized spacial score (nSPS) is 16.0. The van der Waals surface area contributed by atoms with E-state index in [0.717, 1.165) is 0 Å². The predicted molar refractivity (Wildman–Crippen MR) is 102 cm³/mol. The summed E-state index contributed by atoms with van der Waals surface area (Å²) >= 11 is 0. The van der Waals surface area contributed by atoms with Crippen molar-refractivity contribution in [2.75, 3.05) is 18.0 Å². The van der Waals surface area contributed by atoms with E-state index in [4.69, 9.17) is 10.00 Å². The minimum Gasteiger partial charge on any atom is -0.442 e. The number of imidazole rings is 1. The molecule has 4 rings (SSSR count). The molecule has 8 nitrogen and oxygen atoms in total. The number of rotatable bonds is 4. The van der Waals surface area contributed by atoms with E-state index in [1.165, 1.54) is 24.1 Å². The highest BCUT2D eigenvalue weighted by Gasteiger charge is 2.32. The molecule has 0 unspecified atom stereocenters. The van der Waals surface area contributed by atoms with Crippen LogP contribution in [0.25, 0.3) is 16.8 Å². The Balaban J connectivity index is 1.59. The zero-order chi connectivity index (χ0) is 20.5. The number of ether oxygens (including phenoxy) is 1. The zero-order valence-corrected chi connectivity index (χ0v) is 15.4. The lowest BCUT2D eigenvalue weighted by molar-refractivity contribution is -0.119. The van der Waals surface area contributed by atoms with Crippen LogP contribution in [0.2, 0.25) is 0 Å². The summed E-state index contributed by atoms with van der Waals surface area (Å²) in [6.45, 7) is 1.79. The van der Waals surface area contributed by atoms with Gasteiger partial charge >= 0.3 is 6.09 Å². The van der Waals surface area contributed by atoms with Gasteiger partial charge in [-0.2, -0.15) is 5.26 Å². The van der Waals surface area contributed by atoms with Gasteiger partial charge in [0.2, 0.25) is 5.91 Å². The van der Waals surface area contributed by atoms with Crippen molar-refractivity contribution in [1.82, 2.24) is 14.7 Å². The number of aromatic nitrogens is 2. The molecule has 3 heterocycles. The number of hydrogen-bond donors (Lipinski definition) is 1. The standard InChI is InChI=1S/C20H16FN5O3/c1-12(27)23-9-16-11-26(20(28)29-16)14-3-4-17(18(21)6-14)13-2-5-19-24-8-15(7-22)25(19)10-13/h2-6,8,10,16H,9,11H2,1H3,(H,23,27)/t16-/m1/s1. The fourth-order valence-corrected chi connectivity index (χ4v) is 3.22. The number of nitriles is 1. The van der Waals surface area contributed by atoms with Crippen molar-refractivity contribution in [1.29, 1.82) is 5.26 Å². The quantitative estimate of drug-likeness (QED) is 0.734. The van der Waals surface area contributed by atoms with Crippen LogP contribution in [0.3, 0.4) is 0 Å². The summed E-state index contributed by atoms with van der Waals surface area (Å²) in [5, 5.41) is 11.8. The van der Waals surface area contributed by atoms with E-state index in [1.54, 1.807) is 34.9 Å². The molecule has 1 atom stereocenters. The van der Waals surface area contributed by atoms with Gasteiger partial charge in [0.1, 0.15) is 29.3 Å². The molecule has 1 fully saturated rings. The van der Waals surface area contributed by atoms with Crippen molar-refractivity contribution in [3.05, 3.63) is 54.2 Å². The van der Waals surface area contributed by atoms with E-state index in [2.05, 4.69) is 10.3 Å². The Morgan fingerprint density at radius 2 is 2.24 bits per heavy atom. The minimum atomic E-state index is -0.592. The number of carbonyl (C=O) groups is 2. The molecule has 2 aromatic heterocycles. The molecule has 9 heteroatoms. The van der Waals surface area contributed by atoms with Gasteiger partial charge in [0.15, 0.2) is 0 Å². The molecule has 3 aromatic rings. The first-order valence-electron chi connectivity index (χ1n) is 8.86. The maximum Gasteiger partial charge on any atom is 0.414 e. The number of hydrogen-bond acceptors (Lipinski definition) is 5. The molecule has 146 valence electrons. The average Bonchev–Trinajstić information content (AvgIpc) is 3.28. The highest BCUT2D eigenvalue weighted by atomic mass is 19.1. The number of pyridine rings is 1. The lowest BCUT2D eigenvalue weighted by atomic mass is 10.1. The first-order valence-corrected chi connectivity index (χ1v) is 8.86. The predicted octanol–water partition coefficient (Wildman–Crippen LogP) is 2.47. The highest BCUT2D eigenvalue weighted by Crippen LogP contribution is 2.29. The number of carbonyl (C=O) groups excluding carboxylic acids is 2. The van der Waals surface area contributed by atoms with Crippen molar-refractivity contribution in [3.63, 3.8) is 0 Å². The molecule has 2 amide bonds. The number of cyclic esters (lactones) is 1. The largest absolute Gasteiger partial charge is 0.442 e. The fraction of sp³-hybridized carbons (Fsp3) is 0.200. The maximum atomic E-state index is 14.9. The third-order valence-electron chi connectivity index (χ3n) is 4.65. The SMILES string of the molecule is CC(=O)NC[C@@H]1CN(c2ccc(-c3ccc4ncc(C#N)n4c3)c(F)c2)C(=O)O1. The van der Waals surface area contributed by atoms with Gasteiger partial charge in [-0.25, -0.2) is 14.2 Å². The molecular formula is C20H16FN5O3. The summed E-state index contributed by atoms with van der Waals surface area (Å²) in [4.78, 5) is 28.6. The molecule has 0 spiro atoms. The minimum absolute atomic E-state index is 0.199. The molecule has 0 saturated carbocycles. The molecule has 29 heavy (non-hydrogen) atoms. The van der Waals surface area contributed by atoms with Crippen LogP contribution in [0, 0.1) is 17.1 Å². The topological polar surface area (TPSA) is 99.7 Å². The number of benzene rings is 1. The van der Waals surface area contributed by atoms with Gasteiger partial charge in [0.25, 0.3) is 0 Å². The van der Waals surface area contributed by atoms with Crippen LogP contribution in [-0.2, 0) is 9.53 Å². The van der Waals surface area contributed by atoms with Gasteiger partial charge in [-0.15, -0.1) is 0 Å². The molecule has 0 aliphatic carbocycles. The van der Waals surface area contributed by atoms with Gasteiger partial charge < -0.3 is 10.1 Å². The Bertz CT molecular complexity index is 1170. The van der Waals surface area contributed by atoms with Crippen LogP contribution in [0.1, 0.15) is 12.6 Å².